The molecule has 0 aliphatic heterocycles. The summed E-state index contributed by atoms with van der Waals surface area (Å²) in [5, 5.41) is 16.1. The fraction of sp³-hybridized carbons (Fsp3) is 0.368. The third kappa shape index (κ3) is 4.72. The van der Waals surface area contributed by atoms with Crippen molar-refractivity contribution in [3.63, 3.8) is 0 Å². The smallest absolute Gasteiger partial charge is 0.339 e. The Hall–Kier alpha value is -2.37. The Morgan fingerprint density at radius 1 is 1.39 bits per heavy atom. The van der Waals surface area contributed by atoms with E-state index < -0.39 is 5.97 Å². The maximum absolute atomic E-state index is 11.9. The largest absolute Gasteiger partial charge is 0.465 e. The Bertz CT molecular complexity index is 918. The number of carbonyl (C=O) groups is 1. The number of hydrogen-bond acceptors (Lipinski definition) is 7. The first kappa shape index (κ1) is 20.4. The first-order valence-corrected chi connectivity index (χ1v) is 10.0. The molecule has 28 heavy (non-hydrogen) atoms. The number of esters is 1. The molecule has 1 fully saturated rings. The summed E-state index contributed by atoms with van der Waals surface area (Å²) < 4.78 is 5.41. The third-order valence-electron chi connectivity index (χ3n) is 4.63. The number of rotatable bonds is 5. The van der Waals surface area contributed by atoms with Crippen LogP contribution in [0.2, 0.25) is 5.02 Å². The Kier molecular flexibility index (Phi) is 6.70. The van der Waals surface area contributed by atoms with Crippen LogP contribution in [-0.2, 0) is 4.74 Å². The lowest BCUT2D eigenvalue weighted by Gasteiger charge is -2.28. The molecule has 1 heterocycles. The summed E-state index contributed by atoms with van der Waals surface area (Å²) in [4.78, 5) is 20.5. The standard InChI is InChI=1S/C19H19BrClN5O2/c1-28-18(27)13-8-12(6-7-14(13)20)24-19-23-10-15(21)17(26-19)25-16-5-3-2-4-11(16)9-22/h6-8,10-11,16H,2-5H2,1H3,(H2,23,24,25,26)/t11?,16-/m0/s1. The molecule has 2 atom stereocenters. The van der Waals surface area contributed by atoms with Crippen molar-refractivity contribution in [2.45, 2.75) is 31.7 Å². The van der Waals surface area contributed by atoms with Crippen LogP contribution >= 0.6 is 27.5 Å². The first-order chi connectivity index (χ1) is 13.5. The van der Waals surface area contributed by atoms with Crippen molar-refractivity contribution in [1.82, 2.24) is 9.97 Å². The maximum Gasteiger partial charge on any atom is 0.339 e. The second-order valence-electron chi connectivity index (χ2n) is 6.47. The molecule has 2 aromatic rings. The lowest BCUT2D eigenvalue weighted by atomic mass is 9.85. The topological polar surface area (TPSA) is 99.9 Å². The van der Waals surface area contributed by atoms with Gasteiger partial charge < -0.3 is 15.4 Å². The molecule has 0 spiro atoms. The summed E-state index contributed by atoms with van der Waals surface area (Å²) in [6.07, 6.45) is 5.41. The van der Waals surface area contributed by atoms with Gasteiger partial charge in [0, 0.05) is 16.2 Å². The number of anilines is 3. The van der Waals surface area contributed by atoms with Crippen molar-refractivity contribution in [3.8, 4) is 6.07 Å². The van der Waals surface area contributed by atoms with Crippen molar-refractivity contribution in [2.24, 2.45) is 5.92 Å². The molecule has 0 radical (unpaired) electrons. The van der Waals surface area contributed by atoms with Gasteiger partial charge in [-0.15, -0.1) is 0 Å². The van der Waals surface area contributed by atoms with Crippen LogP contribution in [-0.4, -0.2) is 29.1 Å². The van der Waals surface area contributed by atoms with E-state index in [1.807, 2.05) is 0 Å². The molecular formula is C19H19BrClN5O2. The highest BCUT2D eigenvalue weighted by molar-refractivity contribution is 9.10. The van der Waals surface area contributed by atoms with E-state index in [0.29, 0.717) is 32.5 Å². The fourth-order valence-corrected chi connectivity index (χ4v) is 3.71. The van der Waals surface area contributed by atoms with Gasteiger partial charge in [0.2, 0.25) is 5.95 Å². The van der Waals surface area contributed by atoms with E-state index in [0.717, 1.165) is 25.7 Å². The second kappa shape index (κ2) is 9.22. The zero-order chi connectivity index (χ0) is 20.1. The summed E-state index contributed by atoms with van der Waals surface area (Å²) >= 11 is 9.58. The highest BCUT2D eigenvalue weighted by Crippen LogP contribution is 2.30. The molecule has 3 rings (SSSR count). The molecule has 1 aliphatic rings. The number of nitrogens with zero attached hydrogens (tertiary/aromatic N) is 3. The molecule has 0 bridgehead atoms. The number of benzene rings is 1. The summed E-state index contributed by atoms with van der Waals surface area (Å²) in [6.45, 7) is 0. The summed E-state index contributed by atoms with van der Waals surface area (Å²) in [5.74, 6) is 0.297. The monoisotopic (exact) mass is 463 g/mol. The number of nitrogens with one attached hydrogen (secondary N) is 2. The molecular weight excluding hydrogens is 446 g/mol. The van der Waals surface area contributed by atoms with Gasteiger partial charge in [-0.25, -0.2) is 9.78 Å². The van der Waals surface area contributed by atoms with Crippen molar-refractivity contribution in [1.29, 1.82) is 5.26 Å². The minimum atomic E-state index is -0.449. The lowest BCUT2D eigenvalue weighted by molar-refractivity contribution is 0.0599. The van der Waals surface area contributed by atoms with E-state index in [1.165, 1.54) is 13.3 Å². The first-order valence-electron chi connectivity index (χ1n) is 8.85. The predicted octanol–water partition coefficient (Wildman–Crippen LogP) is 4.92. The van der Waals surface area contributed by atoms with Gasteiger partial charge in [-0.2, -0.15) is 10.2 Å². The van der Waals surface area contributed by atoms with E-state index in [9.17, 15) is 10.1 Å². The number of ether oxygens (including phenoxy) is 1. The zero-order valence-corrected chi connectivity index (χ0v) is 17.5. The number of hydrogen-bond donors (Lipinski definition) is 2. The quantitative estimate of drug-likeness (QED) is 0.606. The highest BCUT2D eigenvalue weighted by atomic mass is 79.9. The normalized spacial score (nSPS) is 18.8. The average molecular weight is 465 g/mol. The molecule has 1 aromatic carbocycles. The van der Waals surface area contributed by atoms with E-state index >= 15 is 0 Å². The molecule has 1 aromatic heterocycles. The van der Waals surface area contributed by atoms with Gasteiger partial charge in [0.15, 0.2) is 5.82 Å². The summed E-state index contributed by atoms with van der Waals surface area (Å²) in [7, 11) is 1.33. The number of halogens is 2. The van der Waals surface area contributed by atoms with Crippen LogP contribution in [0.1, 0.15) is 36.0 Å². The van der Waals surface area contributed by atoms with Gasteiger partial charge in [-0.3, -0.25) is 0 Å². The van der Waals surface area contributed by atoms with E-state index in [2.05, 4.69) is 42.6 Å². The molecule has 1 aliphatic carbocycles. The number of aromatic nitrogens is 2. The van der Waals surface area contributed by atoms with Crippen molar-refractivity contribution < 1.29 is 9.53 Å². The molecule has 9 heteroatoms. The molecule has 1 saturated carbocycles. The molecule has 146 valence electrons. The van der Waals surface area contributed by atoms with Crippen molar-refractivity contribution in [3.05, 3.63) is 39.5 Å². The minimum absolute atomic E-state index is 0.0117. The zero-order valence-electron chi connectivity index (χ0n) is 15.2. The number of nitriles is 1. The van der Waals surface area contributed by atoms with E-state index in [1.54, 1.807) is 18.2 Å². The van der Waals surface area contributed by atoms with Gasteiger partial charge >= 0.3 is 5.97 Å². The van der Waals surface area contributed by atoms with Crippen LogP contribution in [0.25, 0.3) is 0 Å². The SMILES string of the molecule is COC(=O)c1cc(Nc2ncc(Cl)c(N[C@H]3CCCCC3C#N)n2)ccc1Br. The fourth-order valence-electron chi connectivity index (χ4n) is 3.16. The molecule has 2 N–H and O–H groups in total. The van der Waals surface area contributed by atoms with Crippen LogP contribution in [0, 0.1) is 17.2 Å². The predicted molar refractivity (Wildman–Crippen MR) is 111 cm³/mol. The van der Waals surface area contributed by atoms with Gasteiger partial charge in [0.25, 0.3) is 0 Å². The lowest BCUT2D eigenvalue weighted by Crippen LogP contribution is -2.31. The molecule has 7 nitrogen and oxygen atoms in total. The molecule has 0 saturated heterocycles. The maximum atomic E-state index is 11.9. The van der Waals surface area contributed by atoms with Crippen LogP contribution in [0.5, 0.6) is 0 Å². The van der Waals surface area contributed by atoms with E-state index in [4.69, 9.17) is 16.3 Å². The molecule has 1 unspecified atom stereocenters. The van der Waals surface area contributed by atoms with Crippen molar-refractivity contribution in [2.75, 3.05) is 17.7 Å². The van der Waals surface area contributed by atoms with Gasteiger partial charge in [0.05, 0.1) is 30.9 Å². The van der Waals surface area contributed by atoms with Crippen molar-refractivity contribution >= 4 is 51.0 Å². The second-order valence-corrected chi connectivity index (χ2v) is 7.73. The van der Waals surface area contributed by atoms with Crippen LogP contribution in [0.4, 0.5) is 17.5 Å². The number of carbonyl (C=O) groups excluding carboxylic acids is 1. The van der Waals surface area contributed by atoms with Crippen LogP contribution < -0.4 is 10.6 Å². The average Bonchev–Trinajstić information content (AvgIpc) is 2.71. The van der Waals surface area contributed by atoms with E-state index in [-0.39, 0.29) is 12.0 Å². The van der Waals surface area contributed by atoms with Gasteiger partial charge in [0.1, 0.15) is 5.02 Å². The van der Waals surface area contributed by atoms with Crippen LogP contribution in [0.15, 0.2) is 28.9 Å². The van der Waals surface area contributed by atoms with Crippen LogP contribution in [0.3, 0.4) is 0 Å². The third-order valence-corrected chi connectivity index (χ3v) is 5.59. The number of methoxy groups -OCH3 is 1. The summed E-state index contributed by atoms with van der Waals surface area (Å²) in [6, 6.07) is 7.55. The Morgan fingerprint density at radius 3 is 2.93 bits per heavy atom. The highest BCUT2D eigenvalue weighted by Gasteiger charge is 2.26. The minimum Gasteiger partial charge on any atom is -0.465 e. The Labute approximate surface area is 176 Å². The van der Waals surface area contributed by atoms with Gasteiger partial charge in [-0.05, 0) is 47.0 Å². The van der Waals surface area contributed by atoms with Gasteiger partial charge in [-0.1, -0.05) is 24.4 Å². The molecule has 0 amide bonds. The Morgan fingerprint density at radius 2 is 2.18 bits per heavy atom. The Balaban J connectivity index is 1.80. The summed E-state index contributed by atoms with van der Waals surface area (Å²) in [5.41, 5.74) is 1.02.